The molecule has 1 aromatic rings. The highest BCUT2D eigenvalue weighted by molar-refractivity contribution is 9.11. The molecular weight excluding hydrogens is 324 g/mol. The van der Waals surface area contributed by atoms with Gasteiger partial charge in [-0.25, -0.2) is 13.1 Å². The molecule has 1 aliphatic rings. The largest absolute Gasteiger partial charge is 0.315 e. The van der Waals surface area contributed by atoms with Crippen LogP contribution in [0, 0.1) is 0 Å². The van der Waals surface area contributed by atoms with Gasteiger partial charge < -0.3 is 5.32 Å². The smallest absolute Gasteiger partial charge is 0.242 e. The number of nitrogens with one attached hydrogen (secondary N) is 2. The molecular formula is C10H15BrN2O2S2. The van der Waals surface area contributed by atoms with Crippen LogP contribution in [0.2, 0.25) is 0 Å². The van der Waals surface area contributed by atoms with Crippen molar-refractivity contribution in [1.82, 2.24) is 10.0 Å². The Morgan fingerprint density at radius 1 is 1.53 bits per heavy atom. The Hall–Kier alpha value is 0.0500. The summed E-state index contributed by atoms with van der Waals surface area (Å²) in [4.78, 5) is 1.37. The third-order valence-electron chi connectivity index (χ3n) is 2.77. The summed E-state index contributed by atoms with van der Waals surface area (Å²) in [6.07, 6.45) is 3.01. The maximum Gasteiger partial charge on any atom is 0.242 e. The zero-order chi connectivity index (χ0) is 12.5. The molecule has 0 aromatic carbocycles. The number of rotatable bonds is 5. The van der Waals surface area contributed by atoms with E-state index < -0.39 is 10.0 Å². The summed E-state index contributed by atoms with van der Waals surface area (Å²) >= 11 is 4.78. The summed E-state index contributed by atoms with van der Waals surface area (Å²) in [5, 5.41) is 3.01. The van der Waals surface area contributed by atoms with Gasteiger partial charge in [-0.15, -0.1) is 11.3 Å². The van der Waals surface area contributed by atoms with Crippen LogP contribution in [-0.4, -0.2) is 21.5 Å². The lowest BCUT2D eigenvalue weighted by Gasteiger charge is -2.25. The highest BCUT2D eigenvalue weighted by Crippen LogP contribution is 2.32. The van der Waals surface area contributed by atoms with E-state index in [2.05, 4.69) is 26.0 Å². The molecule has 17 heavy (non-hydrogen) atoms. The van der Waals surface area contributed by atoms with Crippen molar-refractivity contribution in [3.05, 3.63) is 14.7 Å². The average molecular weight is 339 g/mol. The first-order valence-corrected chi connectivity index (χ1v) is 8.57. The SMILES string of the molecule is CNCc1cc(S(=O)(=O)NC2CCC2)c(Br)s1. The molecule has 7 heteroatoms. The molecule has 1 aliphatic carbocycles. The summed E-state index contributed by atoms with van der Waals surface area (Å²) in [6, 6.07) is 1.85. The van der Waals surface area contributed by atoms with E-state index in [4.69, 9.17) is 0 Å². The van der Waals surface area contributed by atoms with Crippen LogP contribution >= 0.6 is 27.3 Å². The Bertz CT molecular complexity index is 494. The Morgan fingerprint density at radius 2 is 2.24 bits per heavy atom. The van der Waals surface area contributed by atoms with Gasteiger partial charge in [-0.1, -0.05) is 6.42 Å². The van der Waals surface area contributed by atoms with Crippen molar-refractivity contribution in [2.45, 2.75) is 36.7 Å². The van der Waals surface area contributed by atoms with Crippen molar-refractivity contribution in [2.75, 3.05) is 7.05 Å². The van der Waals surface area contributed by atoms with Crippen LogP contribution in [0.3, 0.4) is 0 Å². The van der Waals surface area contributed by atoms with Gasteiger partial charge in [0, 0.05) is 17.5 Å². The Morgan fingerprint density at radius 3 is 2.76 bits per heavy atom. The molecule has 0 atom stereocenters. The lowest BCUT2D eigenvalue weighted by molar-refractivity contribution is 0.383. The number of thiophene rings is 1. The number of halogens is 1. The third-order valence-corrected chi connectivity index (χ3v) is 6.55. The molecule has 0 radical (unpaired) electrons. The Kier molecular flexibility index (Phi) is 4.25. The zero-order valence-corrected chi connectivity index (χ0v) is 12.7. The first kappa shape index (κ1) is 13.5. The minimum Gasteiger partial charge on any atom is -0.315 e. The second-order valence-electron chi connectivity index (χ2n) is 4.13. The fourth-order valence-electron chi connectivity index (χ4n) is 1.65. The lowest BCUT2D eigenvalue weighted by atomic mass is 9.94. The van der Waals surface area contributed by atoms with E-state index in [1.165, 1.54) is 11.3 Å². The number of hydrogen-bond acceptors (Lipinski definition) is 4. The van der Waals surface area contributed by atoms with Gasteiger partial charge in [0.15, 0.2) is 0 Å². The topological polar surface area (TPSA) is 58.2 Å². The summed E-state index contributed by atoms with van der Waals surface area (Å²) in [5.74, 6) is 0. The summed E-state index contributed by atoms with van der Waals surface area (Å²) < 4.78 is 27.6. The van der Waals surface area contributed by atoms with E-state index in [0.717, 1.165) is 24.1 Å². The van der Waals surface area contributed by atoms with Crippen LogP contribution in [0.25, 0.3) is 0 Å². The van der Waals surface area contributed by atoms with Gasteiger partial charge in [0.05, 0.1) is 3.79 Å². The molecule has 0 bridgehead atoms. The minimum atomic E-state index is -3.36. The zero-order valence-electron chi connectivity index (χ0n) is 9.49. The molecule has 96 valence electrons. The standard InChI is InChI=1S/C10H15BrN2O2S2/c1-12-6-8-5-9(10(11)16-8)17(14,15)13-7-3-2-4-7/h5,7,12-13H,2-4,6H2,1H3. The van der Waals surface area contributed by atoms with Gasteiger partial charge in [-0.05, 0) is 41.9 Å². The van der Waals surface area contributed by atoms with Crippen LogP contribution in [-0.2, 0) is 16.6 Å². The van der Waals surface area contributed by atoms with Gasteiger partial charge in [0.1, 0.15) is 4.90 Å². The van der Waals surface area contributed by atoms with E-state index in [1.807, 2.05) is 7.05 Å². The van der Waals surface area contributed by atoms with E-state index in [1.54, 1.807) is 6.07 Å². The molecule has 0 unspecified atom stereocenters. The third kappa shape index (κ3) is 3.08. The molecule has 0 aliphatic heterocycles. The van der Waals surface area contributed by atoms with Crippen molar-refractivity contribution in [1.29, 1.82) is 0 Å². The number of sulfonamides is 1. The first-order chi connectivity index (χ1) is 8.03. The van der Waals surface area contributed by atoms with Gasteiger partial charge in [0.2, 0.25) is 10.0 Å². The average Bonchev–Trinajstić information content (AvgIpc) is 2.55. The molecule has 1 heterocycles. The molecule has 0 amide bonds. The van der Waals surface area contributed by atoms with Crippen molar-refractivity contribution in [3.63, 3.8) is 0 Å². The number of hydrogen-bond donors (Lipinski definition) is 2. The molecule has 1 aromatic heterocycles. The Balaban J connectivity index is 2.19. The molecule has 2 N–H and O–H groups in total. The fourth-order valence-corrected chi connectivity index (χ4v) is 5.65. The molecule has 0 saturated heterocycles. The van der Waals surface area contributed by atoms with Crippen LogP contribution < -0.4 is 10.0 Å². The van der Waals surface area contributed by atoms with Gasteiger partial charge in [-0.3, -0.25) is 0 Å². The molecule has 2 rings (SSSR count). The van der Waals surface area contributed by atoms with E-state index in [9.17, 15) is 8.42 Å². The van der Waals surface area contributed by atoms with Gasteiger partial charge in [0.25, 0.3) is 0 Å². The van der Waals surface area contributed by atoms with Crippen molar-refractivity contribution in [2.24, 2.45) is 0 Å². The predicted molar refractivity (Wildman–Crippen MR) is 72.7 cm³/mol. The van der Waals surface area contributed by atoms with E-state index in [0.29, 0.717) is 15.2 Å². The summed E-state index contributed by atoms with van der Waals surface area (Å²) in [7, 11) is -1.52. The van der Waals surface area contributed by atoms with Crippen molar-refractivity contribution >= 4 is 37.3 Å². The predicted octanol–water partition coefficient (Wildman–Crippen LogP) is 2.06. The van der Waals surface area contributed by atoms with Crippen LogP contribution in [0.1, 0.15) is 24.1 Å². The monoisotopic (exact) mass is 338 g/mol. The summed E-state index contributed by atoms with van der Waals surface area (Å²) in [5.41, 5.74) is 0. The second kappa shape index (κ2) is 5.36. The fraction of sp³-hybridized carbons (Fsp3) is 0.600. The minimum absolute atomic E-state index is 0.125. The quantitative estimate of drug-likeness (QED) is 0.863. The van der Waals surface area contributed by atoms with Crippen molar-refractivity contribution in [3.8, 4) is 0 Å². The van der Waals surface area contributed by atoms with Crippen LogP contribution in [0.4, 0.5) is 0 Å². The van der Waals surface area contributed by atoms with E-state index in [-0.39, 0.29) is 6.04 Å². The van der Waals surface area contributed by atoms with E-state index >= 15 is 0 Å². The molecule has 4 nitrogen and oxygen atoms in total. The Labute approximate surface area is 114 Å². The first-order valence-electron chi connectivity index (χ1n) is 5.48. The van der Waals surface area contributed by atoms with Gasteiger partial charge in [-0.2, -0.15) is 0 Å². The lowest BCUT2D eigenvalue weighted by Crippen LogP contribution is -2.39. The molecule has 1 fully saturated rings. The maximum atomic E-state index is 12.1. The van der Waals surface area contributed by atoms with Crippen LogP contribution in [0.15, 0.2) is 14.7 Å². The highest BCUT2D eigenvalue weighted by atomic mass is 79.9. The highest BCUT2D eigenvalue weighted by Gasteiger charge is 2.27. The summed E-state index contributed by atoms with van der Waals surface area (Å²) in [6.45, 7) is 0.683. The maximum absolute atomic E-state index is 12.1. The normalized spacial score (nSPS) is 17.1. The molecule has 1 saturated carbocycles. The second-order valence-corrected chi connectivity index (χ2v) is 8.27. The van der Waals surface area contributed by atoms with Gasteiger partial charge >= 0.3 is 0 Å². The van der Waals surface area contributed by atoms with Crippen LogP contribution in [0.5, 0.6) is 0 Å². The van der Waals surface area contributed by atoms with Crippen molar-refractivity contribution < 1.29 is 8.42 Å². The molecule has 0 spiro atoms.